The SMILES string of the molecule is C[C@@H]1c2ccccc2[C@H](C)[C@H]2COC(=O)[C@H]21. The van der Waals surface area contributed by atoms with Crippen molar-refractivity contribution in [1.82, 2.24) is 0 Å². The number of carbonyl (C=O) groups excluding carboxylic acids is 1. The molecule has 84 valence electrons. The summed E-state index contributed by atoms with van der Waals surface area (Å²) in [6.07, 6.45) is 0. The normalized spacial score (nSPS) is 36.5. The third-order valence-corrected chi connectivity index (χ3v) is 4.31. The topological polar surface area (TPSA) is 26.3 Å². The molecule has 2 heteroatoms. The molecule has 1 heterocycles. The van der Waals surface area contributed by atoms with E-state index in [1.54, 1.807) is 0 Å². The molecule has 1 fully saturated rings. The average Bonchev–Trinajstić information content (AvgIpc) is 2.69. The Kier molecular flexibility index (Phi) is 2.06. The second-order valence-corrected chi connectivity index (χ2v) is 5.03. The van der Waals surface area contributed by atoms with E-state index < -0.39 is 0 Å². The number of cyclic esters (lactones) is 1. The molecule has 1 aliphatic heterocycles. The van der Waals surface area contributed by atoms with Crippen LogP contribution in [0.4, 0.5) is 0 Å². The highest BCUT2D eigenvalue weighted by Crippen LogP contribution is 2.49. The van der Waals surface area contributed by atoms with Crippen LogP contribution in [0.1, 0.15) is 36.8 Å². The first-order chi connectivity index (χ1) is 7.70. The lowest BCUT2D eigenvalue weighted by molar-refractivity contribution is -0.141. The first-order valence-corrected chi connectivity index (χ1v) is 5.95. The monoisotopic (exact) mass is 216 g/mol. The molecule has 3 rings (SSSR count). The van der Waals surface area contributed by atoms with Gasteiger partial charge in [-0.05, 0) is 23.0 Å². The molecular formula is C14H16O2. The third-order valence-electron chi connectivity index (χ3n) is 4.31. The minimum atomic E-state index is -0.00106. The lowest BCUT2D eigenvalue weighted by Gasteiger charge is -2.35. The minimum absolute atomic E-state index is 0.00106. The van der Waals surface area contributed by atoms with Crippen LogP contribution in [-0.4, -0.2) is 12.6 Å². The number of benzene rings is 1. The Morgan fingerprint density at radius 2 is 1.75 bits per heavy atom. The van der Waals surface area contributed by atoms with Gasteiger partial charge in [0.15, 0.2) is 0 Å². The van der Waals surface area contributed by atoms with Crippen LogP contribution >= 0.6 is 0 Å². The highest BCUT2D eigenvalue weighted by Gasteiger charge is 2.47. The van der Waals surface area contributed by atoms with Gasteiger partial charge in [0.2, 0.25) is 0 Å². The van der Waals surface area contributed by atoms with Crippen molar-refractivity contribution in [2.24, 2.45) is 11.8 Å². The third kappa shape index (κ3) is 1.16. The van der Waals surface area contributed by atoms with Gasteiger partial charge in [0.25, 0.3) is 0 Å². The van der Waals surface area contributed by atoms with Crippen LogP contribution in [0.15, 0.2) is 24.3 Å². The van der Waals surface area contributed by atoms with E-state index >= 15 is 0 Å². The minimum Gasteiger partial charge on any atom is -0.465 e. The summed E-state index contributed by atoms with van der Waals surface area (Å²) in [7, 11) is 0. The summed E-state index contributed by atoms with van der Waals surface area (Å²) in [6.45, 7) is 4.96. The van der Waals surface area contributed by atoms with E-state index in [4.69, 9.17) is 4.74 Å². The van der Waals surface area contributed by atoms with Gasteiger partial charge in [-0.2, -0.15) is 0 Å². The maximum atomic E-state index is 11.8. The van der Waals surface area contributed by atoms with Gasteiger partial charge in [0, 0.05) is 5.92 Å². The maximum Gasteiger partial charge on any atom is 0.309 e. The van der Waals surface area contributed by atoms with E-state index in [0.29, 0.717) is 24.4 Å². The zero-order chi connectivity index (χ0) is 11.3. The molecule has 0 aromatic heterocycles. The van der Waals surface area contributed by atoms with E-state index in [-0.39, 0.29) is 11.9 Å². The lowest BCUT2D eigenvalue weighted by atomic mass is 9.66. The summed E-state index contributed by atoms with van der Waals surface area (Å²) in [5.41, 5.74) is 2.73. The second-order valence-electron chi connectivity index (χ2n) is 5.03. The van der Waals surface area contributed by atoms with Crippen molar-refractivity contribution in [2.75, 3.05) is 6.61 Å². The number of hydrogen-bond donors (Lipinski definition) is 0. The molecule has 1 aliphatic carbocycles. The molecule has 0 unspecified atom stereocenters. The predicted octanol–water partition coefficient (Wildman–Crippen LogP) is 2.70. The zero-order valence-corrected chi connectivity index (χ0v) is 9.64. The van der Waals surface area contributed by atoms with Crippen LogP contribution in [0.2, 0.25) is 0 Å². The number of fused-ring (bicyclic) bond motifs is 2. The molecule has 1 aromatic rings. The van der Waals surface area contributed by atoms with Crippen molar-refractivity contribution in [2.45, 2.75) is 25.7 Å². The Morgan fingerprint density at radius 1 is 1.12 bits per heavy atom. The molecule has 1 aromatic carbocycles. The van der Waals surface area contributed by atoms with Gasteiger partial charge in [0.05, 0.1) is 12.5 Å². The number of hydrogen-bond acceptors (Lipinski definition) is 2. The molecule has 16 heavy (non-hydrogen) atoms. The van der Waals surface area contributed by atoms with Gasteiger partial charge in [-0.3, -0.25) is 4.79 Å². The Hall–Kier alpha value is -1.31. The number of rotatable bonds is 0. The van der Waals surface area contributed by atoms with Crippen molar-refractivity contribution >= 4 is 5.97 Å². The number of carbonyl (C=O) groups is 1. The second kappa shape index (κ2) is 3.34. The Labute approximate surface area is 95.6 Å². The largest absolute Gasteiger partial charge is 0.465 e. The maximum absolute atomic E-state index is 11.8. The Bertz CT molecular complexity index is 438. The van der Waals surface area contributed by atoms with Crippen LogP contribution in [0.3, 0.4) is 0 Å². The van der Waals surface area contributed by atoms with Crippen LogP contribution in [-0.2, 0) is 9.53 Å². The van der Waals surface area contributed by atoms with Crippen LogP contribution < -0.4 is 0 Å². The fourth-order valence-corrected chi connectivity index (χ4v) is 3.35. The summed E-state index contributed by atoms with van der Waals surface area (Å²) in [6, 6.07) is 8.48. The molecular weight excluding hydrogens is 200 g/mol. The van der Waals surface area contributed by atoms with Crippen molar-refractivity contribution in [3.63, 3.8) is 0 Å². The van der Waals surface area contributed by atoms with Crippen molar-refractivity contribution in [3.8, 4) is 0 Å². The fourth-order valence-electron chi connectivity index (χ4n) is 3.35. The summed E-state index contributed by atoms with van der Waals surface area (Å²) < 4.78 is 5.23. The van der Waals surface area contributed by atoms with Gasteiger partial charge < -0.3 is 4.74 Å². The van der Waals surface area contributed by atoms with E-state index in [9.17, 15) is 4.79 Å². The molecule has 0 saturated carbocycles. The van der Waals surface area contributed by atoms with Gasteiger partial charge in [-0.25, -0.2) is 0 Å². The van der Waals surface area contributed by atoms with Gasteiger partial charge in [-0.1, -0.05) is 38.1 Å². The fraction of sp³-hybridized carbons (Fsp3) is 0.500. The smallest absolute Gasteiger partial charge is 0.309 e. The van der Waals surface area contributed by atoms with Gasteiger partial charge in [0.1, 0.15) is 0 Å². The van der Waals surface area contributed by atoms with E-state index in [1.807, 2.05) is 0 Å². The Morgan fingerprint density at radius 3 is 2.44 bits per heavy atom. The molecule has 0 bridgehead atoms. The lowest BCUT2D eigenvalue weighted by Crippen LogP contribution is -2.31. The molecule has 2 nitrogen and oxygen atoms in total. The average molecular weight is 216 g/mol. The van der Waals surface area contributed by atoms with Crippen molar-refractivity contribution in [3.05, 3.63) is 35.4 Å². The highest BCUT2D eigenvalue weighted by atomic mass is 16.5. The molecule has 4 atom stereocenters. The first-order valence-electron chi connectivity index (χ1n) is 5.95. The molecule has 0 amide bonds. The molecule has 0 spiro atoms. The molecule has 0 radical (unpaired) electrons. The zero-order valence-electron chi connectivity index (χ0n) is 9.64. The highest BCUT2D eigenvalue weighted by molar-refractivity contribution is 5.77. The summed E-state index contributed by atoms with van der Waals surface area (Å²) in [5, 5.41) is 0. The van der Waals surface area contributed by atoms with E-state index in [1.165, 1.54) is 11.1 Å². The summed E-state index contributed by atoms with van der Waals surface area (Å²) >= 11 is 0. The first kappa shape index (κ1) is 9.88. The van der Waals surface area contributed by atoms with E-state index in [0.717, 1.165) is 0 Å². The summed E-state index contributed by atoms with van der Waals surface area (Å²) in [5.74, 6) is 1.18. The molecule has 2 aliphatic rings. The van der Waals surface area contributed by atoms with E-state index in [2.05, 4.69) is 38.1 Å². The van der Waals surface area contributed by atoms with Crippen molar-refractivity contribution < 1.29 is 9.53 Å². The van der Waals surface area contributed by atoms with Gasteiger partial charge in [-0.15, -0.1) is 0 Å². The molecule has 0 N–H and O–H groups in total. The Balaban J connectivity index is 2.13. The number of ether oxygens (including phenoxy) is 1. The van der Waals surface area contributed by atoms with Gasteiger partial charge >= 0.3 is 5.97 Å². The van der Waals surface area contributed by atoms with Crippen LogP contribution in [0.25, 0.3) is 0 Å². The summed E-state index contributed by atoms with van der Waals surface area (Å²) in [4.78, 5) is 11.8. The van der Waals surface area contributed by atoms with Crippen LogP contribution in [0.5, 0.6) is 0 Å². The van der Waals surface area contributed by atoms with Crippen molar-refractivity contribution in [1.29, 1.82) is 0 Å². The number of esters is 1. The molecule has 1 saturated heterocycles. The standard InChI is InChI=1S/C14H16O2/c1-8-10-5-3-4-6-11(10)9(2)13-12(8)7-16-14(13)15/h3-6,8-9,12-13H,7H2,1-2H3/t8-,9+,12+,13-/m0/s1. The van der Waals surface area contributed by atoms with Crippen LogP contribution in [0, 0.1) is 11.8 Å². The quantitative estimate of drug-likeness (QED) is 0.623. The predicted molar refractivity (Wildman–Crippen MR) is 61.2 cm³/mol.